The minimum atomic E-state index is -0.573. The van der Waals surface area contributed by atoms with Crippen LogP contribution in [0.1, 0.15) is 19.4 Å². The number of nitrogens with one attached hydrogen (secondary N) is 2. The molecule has 0 atom stereocenters. The molecule has 1 amide bonds. The number of carbonyl (C=O) groups is 1. The Hall–Kier alpha value is -1.55. The Morgan fingerprint density at radius 2 is 1.88 bits per heavy atom. The van der Waals surface area contributed by atoms with Crippen LogP contribution in [0, 0.1) is 0 Å². The maximum absolute atomic E-state index is 11.7. The Balaban J connectivity index is 2.52. The summed E-state index contributed by atoms with van der Waals surface area (Å²) in [6.45, 7) is 4.10. The van der Waals surface area contributed by atoms with Crippen LogP contribution in [-0.4, -0.2) is 23.6 Å². The first-order valence-electron chi connectivity index (χ1n) is 5.21. The highest BCUT2D eigenvalue weighted by Crippen LogP contribution is 2.09. The minimum absolute atomic E-state index is 0.0527. The Labute approximate surface area is 95.7 Å². The summed E-state index contributed by atoms with van der Waals surface area (Å²) in [5.74, 6) is 0.175. The summed E-state index contributed by atoms with van der Waals surface area (Å²) in [5, 5.41) is 14.9. The summed E-state index contributed by atoms with van der Waals surface area (Å²) < 4.78 is 0. The van der Waals surface area contributed by atoms with Gasteiger partial charge in [-0.2, -0.15) is 0 Å². The Kier molecular flexibility index (Phi) is 3.90. The van der Waals surface area contributed by atoms with Crippen molar-refractivity contribution in [3.05, 3.63) is 29.8 Å². The van der Waals surface area contributed by atoms with Crippen LogP contribution < -0.4 is 10.6 Å². The van der Waals surface area contributed by atoms with E-state index in [1.165, 1.54) is 0 Å². The Morgan fingerprint density at radius 1 is 1.31 bits per heavy atom. The fourth-order valence-electron chi connectivity index (χ4n) is 1.13. The van der Waals surface area contributed by atoms with Crippen LogP contribution in [-0.2, 0) is 11.3 Å². The van der Waals surface area contributed by atoms with Crippen LogP contribution in [0.5, 0.6) is 5.75 Å². The van der Waals surface area contributed by atoms with E-state index in [2.05, 4.69) is 10.6 Å². The summed E-state index contributed by atoms with van der Waals surface area (Å²) in [4.78, 5) is 11.7. The molecule has 0 fully saturated rings. The second-order valence-corrected chi connectivity index (χ2v) is 4.22. The molecule has 1 aromatic rings. The smallest absolute Gasteiger partial charge is 0.239 e. The van der Waals surface area contributed by atoms with E-state index in [1.54, 1.807) is 31.3 Å². The molecule has 0 unspecified atom stereocenters. The number of amides is 1. The molecule has 0 bridgehead atoms. The van der Waals surface area contributed by atoms with Crippen LogP contribution in [0.4, 0.5) is 0 Å². The molecule has 1 rings (SSSR count). The molecule has 0 saturated heterocycles. The van der Waals surface area contributed by atoms with E-state index in [9.17, 15) is 4.79 Å². The van der Waals surface area contributed by atoms with Gasteiger partial charge in [0, 0.05) is 6.54 Å². The molecule has 0 aromatic heterocycles. The standard InChI is InChI=1S/C12H18N2O2/c1-12(2,13-3)11(16)14-8-9-4-6-10(15)7-5-9/h4-7,13,15H,8H2,1-3H3,(H,14,16). The molecule has 0 aliphatic rings. The summed E-state index contributed by atoms with van der Waals surface area (Å²) in [6, 6.07) is 6.76. The molecule has 4 heteroatoms. The highest BCUT2D eigenvalue weighted by atomic mass is 16.3. The van der Waals surface area contributed by atoms with Crippen molar-refractivity contribution in [2.75, 3.05) is 7.05 Å². The molecular weight excluding hydrogens is 204 g/mol. The summed E-state index contributed by atoms with van der Waals surface area (Å²) in [6.07, 6.45) is 0. The zero-order valence-corrected chi connectivity index (χ0v) is 9.87. The lowest BCUT2D eigenvalue weighted by Gasteiger charge is -2.22. The van der Waals surface area contributed by atoms with Gasteiger partial charge in [-0.25, -0.2) is 0 Å². The molecular formula is C12H18N2O2. The molecule has 0 aliphatic carbocycles. The molecule has 0 spiro atoms. The van der Waals surface area contributed by atoms with Crippen LogP contribution >= 0.6 is 0 Å². The Bertz CT molecular complexity index is 358. The van der Waals surface area contributed by atoms with Crippen molar-refractivity contribution >= 4 is 5.91 Å². The van der Waals surface area contributed by atoms with Gasteiger partial charge in [-0.05, 0) is 38.6 Å². The molecule has 0 saturated carbocycles. The van der Waals surface area contributed by atoms with Gasteiger partial charge in [0.15, 0.2) is 0 Å². The normalized spacial score (nSPS) is 11.2. The molecule has 1 aromatic carbocycles. The topological polar surface area (TPSA) is 61.4 Å². The van der Waals surface area contributed by atoms with E-state index >= 15 is 0 Å². The third-order valence-corrected chi connectivity index (χ3v) is 2.58. The maximum atomic E-state index is 11.7. The lowest BCUT2D eigenvalue weighted by atomic mass is 10.1. The van der Waals surface area contributed by atoms with E-state index in [1.807, 2.05) is 13.8 Å². The molecule has 0 radical (unpaired) electrons. The van der Waals surface area contributed by atoms with Gasteiger partial charge < -0.3 is 15.7 Å². The lowest BCUT2D eigenvalue weighted by molar-refractivity contribution is -0.126. The van der Waals surface area contributed by atoms with Gasteiger partial charge in [0.25, 0.3) is 0 Å². The number of aromatic hydroxyl groups is 1. The minimum Gasteiger partial charge on any atom is -0.508 e. The van der Waals surface area contributed by atoms with E-state index < -0.39 is 5.54 Å². The van der Waals surface area contributed by atoms with Crippen LogP contribution in [0.25, 0.3) is 0 Å². The number of hydrogen-bond donors (Lipinski definition) is 3. The van der Waals surface area contributed by atoms with Crippen molar-refractivity contribution in [3.8, 4) is 5.75 Å². The zero-order valence-electron chi connectivity index (χ0n) is 9.87. The van der Waals surface area contributed by atoms with Gasteiger partial charge in [0.2, 0.25) is 5.91 Å². The second-order valence-electron chi connectivity index (χ2n) is 4.22. The number of likely N-dealkylation sites (N-methyl/N-ethyl adjacent to an activating group) is 1. The highest BCUT2D eigenvalue weighted by molar-refractivity contribution is 5.85. The van der Waals surface area contributed by atoms with Crippen molar-refractivity contribution in [2.24, 2.45) is 0 Å². The van der Waals surface area contributed by atoms with Crippen LogP contribution in [0.15, 0.2) is 24.3 Å². The van der Waals surface area contributed by atoms with Gasteiger partial charge in [-0.3, -0.25) is 4.79 Å². The number of carbonyl (C=O) groups excluding carboxylic acids is 1. The zero-order chi connectivity index (χ0) is 12.2. The molecule has 16 heavy (non-hydrogen) atoms. The van der Waals surface area contributed by atoms with E-state index in [-0.39, 0.29) is 11.7 Å². The van der Waals surface area contributed by atoms with Crippen molar-refractivity contribution in [3.63, 3.8) is 0 Å². The van der Waals surface area contributed by atoms with Gasteiger partial charge in [-0.1, -0.05) is 12.1 Å². The molecule has 0 aliphatic heterocycles. The van der Waals surface area contributed by atoms with E-state index in [0.29, 0.717) is 6.54 Å². The third kappa shape index (κ3) is 3.24. The van der Waals surface area contributed by atoms with E-state index in [4.69, 9.17) is 5.11 Å². The number of phenolic OH excluding ortho intramolecular Hbond substituents is 1. The Morgan fingerprint density at radius 3 is 2.38 bits per heavy atom. The number of hydrogen-bond acceptors (Lipinski definition) is 3. The highest BCUT2D eigenvalue weighted by Gasteiger charge is 2.24. The molecule has 0 heterocycles. The summed E-state index contributed by atoms with van der Waals surface area (Å²) >= 11 is 0. The quantitative estimate of drug-likeness (QED) is 0.712. The second kappa shape index (κ2) is 4.99. The largest absolute Gasteiger partial charge is 0.508 e. The average Bonchev–Trinajstić information content (AvgIpc) is 2.28. The average molecular weight is 222 g/mol. The number of benzene rings is 1. The molecule has 88 valence electrons. The molecule has 3 N–H and O–H groups in total. The van der Waals surface area contributed by atoms with E-state index in [0.717, 1.165) is 5.56 Å². The maximum Gasteiger partial charge on any atom is 0.239 e. The first kappa shape index (κ1) is 12.5. The van der Waals surface area contributed by atoms with Crippen LogP contribution in [0.2, 0.25) is 0 Å². The van der Waals surface area contributed by atoms with Gasteiger partial charge in [0.05, 0.1) is 5.54 Å². The predicted molar refractivity (Wildman–Crippen MR) is 63.1 cm³/mol. The monoisotopic (exact) mass is 222 g/mol. The first-order chi connectivity index (χ1) is 7.45. The fraction of sp³-hybridized carbons (Fsp3) is 0.417. The fourth-order valence-corrected chi connectivity index (χ4v) is 1.13. The summed E-state index contributed by atoms with van der Waals surface area (Å²) in [7, 11) is 1.75. The van der Waals surface area contributed by atoms with Gasteiger partial charge in [0.1, 0.15) is 5.75 Å². The first-order valence-corrected chi connectivity index (χ1v) is 5.21. The van der Waals surface area contributed by atoms with Crippen LogP contribution in [0.3, 0.4) is 0 Å². The van der Waals surface area contributed by atoms with Gasteiger partial charge >= 0.3 is 0 Å². The van der Waals surface area contributed by atoms with Crippen molar-refractivity contribution in [1.82, 2.24) is 10.6 Å². The SMILES string of the molecule is CNC(C)(C)C(=O)NCc1ccc(O)cc1. The van der Waals surface area contributed by atoms with Gasteiger partial charge in [-0.15, -0.1) is 0 Å². The molecule has 4 nitrogen and oxygen atoms in total. The lowest BCUT2D eigenvalue weighted by Crippen LogP contribution is -2.50. The number of rotatable bonds is 4. The third-order valence-electron chi connectivity index (χ3n) is 2.58. The summed E-state index contributed by atoms with van der Waals surface area (Å²) in [5.41, 5.74) is 0.384. The van der Waals surface area contributed by atoms with Crippen molar-refractivity contribution in [1.29, 1.82) is 0 Å². The van der Waals surface area contributed by atoms with Crippen molar-refractivity contribution < 1.29 is 9.90 Å². The predicted octanol–water partition coefficient (Wildman–Crippen LogP) is 1.01. The van der Waals surface area contributed by atoms with Crippen molar-refractivity contribution in [2.45, 2.75) is 25.9 Å². The number of phenols is 1.